The zero-order valence-corrected chi connectivity index (χ0v) is 13.5. The molecule has 0 atom stereocenters. The Hall–Kier alpha value is -2.06. The lowest BCUT2D eigenvalue weighted by Gasteiger charge is -2.35. The first-order valence-corrected chi connectivity index (χ1v) is 8.70. The molecule has 1 saturated heterocycles. The number of anilines is 1. The highest BCUT2D eigenvalue weighted by atomic mass is 32.2. The first-order valence-electron chi connectivity index (χ1n) is 7.26. The lowest BCUT2D eigenvalue weighted by Crippen LogP contribution is -2.48. The van der Waals surface area contributed by atoms with Crippen LogP contribution in [0.15, 0.2) is 41.6 Å². The maximum absolute atomic E-state index is 13.2. The molecule has 1 aromatic carbocycles. The van der Waals surface area contributed by atoms with E-state index >= 15 is 0 Å². The van der Waals surface area contributed by atoms with Crippen LogP contribution in [0.25, 0.3) is 0 Å². The number of hydrogen-bond acceptors (Lipinski definition) is 5. The number of aromatic nitrogens is 2. The van der Waals surface area contributed by atoms with E-state index in [2.05, 4.69) is 15.1 Å². The molecule has 6 nitrogen and oxygen atoms in total. The van der Waals surface area contributed by atoms with Crippen LogP contribution in [0.1, 0.15) is 5.56 Å². The van der Waals surface area contributed by atoms with Crippen molar-refractivity contribution < 1.29 is 12.8 Å². The molecule has 0 unspecified atom stereocenters. The molecule has 2 heterocycles. The number of benzene rings is 1. The van der Waals surface area contributed by atoms with Gasteiger partial charge in [0, 0.05) is 26.2 Å². The minimum atomic E-state index is -3.60. The van der Waals surface area contributed by atoms with Gasteiger partial charge in [-0.2, -0.15) is 14.5 Å². The number of nitrogens with zero attached hydrogens (tertiary/aromatic N) is 4. The van der Waals surface area contributed by atoms with Crippen molar-refractivity contribution in [3.63, 3.8) is 0 Å². The fraction of sp³-hybridized carbons (Fsp3) is 0.333. The van der Waals surface area contributed by atoms with Gasteiger partial charge in [-0.15, -0.1) is 0 Å². The topological polar surface area (TPSA) is 66.4 Å². The molecule has 122 valence electrons. The van der Waals surface area contributed by atoms with E-state index in [1.807, 2.05) is 6.07 Å². The quantitative estimate of drug-likeness (QED) is 0.848. The van der Waals surface area contributed by atoms with Gasteiger partial charge < -0.3 is 4.90 Å². The van der Waals surface area contributed by atoms with E-state index in [1.165, 1.54) is 22.5 Å². The third kappa shape index (κ3) is 3.18. The van der Waals surface area contributed by atoms with Gasteiger partial charge in [0.25, 0.3) is 0 Å². The van der Waals surface area contributed by atoms with E-state index in [-0.39, 0.29) is 4.90 Å². The van der Waals surface area contributed by atoms with Gasteiger partial charge in [0.05, 0.1) is 23.0 Å². The summed E-state index contributed by atoms with van der Waals surface area (Å²) < 4.78 is 40.1. The van der Waals surface area contributed by atoms with Crippen molar-refractivity contribution in [3.8, 4) is 0 Å². The average molecular weight is 336 g/mol. The molecule has 0 spiro atoms. The third-order valence-corrected chi connectivity index (χ3v) is 5.99. The van der Waals surface area contributed by atoms with Crippen LogP contribution in [0.2, 0.25) is 0 Å². The second kappa shape index (κ2) is 6.21. The Morgan fingerprint density at radius 3 is 2.43 bits per heavy atom. The number of sulfonamides is 1. The Morgan fingerprint density at radius 1 is 1.09 bits per heavy atom. The molecule has 0 aliphatic carbocycles. The minimum Gasteiger partial charge on any atom is -0.368 e. The van der Waals surface area contributed by atoms with Crippen LogP contribution >= 0.6 is 0 Å². The summed E-state index contributed by atoms with van der Waals surface area (Å²) in [5.41, 5.74) is 1.35. The van der Waals surface area contributed by atoms with E-state index in [9.17, 15) is 12.8 Å². The molecule has 23 heavy (non-hydrogen) atoms. The Labute approximate surface area is 134 Å². The summed E-state index contributed by atoms with van der Waals surface area (Å²) >= 11 is 0. The molecule has 0 saturated carbocycles. The molecule has 0 amide bonds. The van der Waals surface area contributed by atoms with Gasteiger partial charge in [-0.25, -0.2) is 12.8 Å². The summed E-state index contributed by atoms with van der Waals surface area (Å²) in [7, 11) is -3.60. The highest BCUT2D eigenvalue weighted by molar-refractivity contribution is 7.89. The summed E-state index contributed by atoms with van der Waals surface area (Å²) in [6.45, 7) is 3.51. The van der Waals surface area contributed by atoms with E-state index in [1.54, 1.807) is 19.3 Å². The van der Waals surface area contributed by atoms with E-state index < -0.39 is 15.8 Å². The molecule has 0 N–H and O–H groups in total. The van der Waals surface area contributed by atoms with Gasteiger partial charge in [0.1, 0.15) is 5.82 Å². The maximum Gasteiger partial charge on any atom is 0.243 e. The molecule has 1 aromatic heterocycles. The van der Waals surface area contributed by atoms with Crippen LogP contribution in [0.4, 0.5) is 10.1 Å². The van der Waals surface area contributed by atoms with Crippen molar-refractivity contribution >= 4 is 15.7 Å². The smallest absolute Gasteiger partial charge is 0.243 e. The summed E-state index contributed by atoms with van der Waals surface area (Å²) in [6, 6.07) is 5.60. The minimum absolute atomic E-state index is 0.165. The van der Waals surface area contributed by atoms with Gasteiger partial charge in [-0.3, -0.25) is 0 Å². The Kier molecular flexibility index (Phi) is 4.27. The molecule has 2 aromatic rings. The van der Waals surface area contributed by atoms with Crippen molar-refractivity contribution in [1.82, 2.24) is 14.5 Å². The number of halogens is 1. The predicted octanol–water partition coefficient (Wildman–Crippen LogP) is 1.44. The molecule has 1 aliphatic heterocycles. The van der Waals surface area contributed by atoms with Crippen molar-refractivity contribution in [3.05, 3.63) is 48.0 Å². The molecular formula is C15H17FN4O2S. The molecule has 1 aliphatic rings. The monoisotopic (exact) mass is 336 g/mol. The zero-order valence-electron chi connectivity index (χ0n) is 12.7. The lowest BCUT2D eigenvalue weighted by molar-refractivity contribution is 0.384. The number of rotatable bonds is 3. The fourth-order valence-corrected chi connectivity index (χ4v) is 4.33. The number of piperazine rings is 1. The second-order valence-corrected chi connectivity index (χ2v) is 7.31. The molecule has 0 radical (unpaired) electrons. The SMILES string of the molecule is Cc1cc(F)ccc1S(=O)(=O)N1CCN(c2ccnnc2)CC1. The normalized spacial score (nSPS) is 16.5. The standard InChI is InChI=1S/C15H17FN4O2S/c1-12-10-13(16)2-3-15(12)23(21,22)20-8-6-19(7-9-20)14-4-5-17-18-11-14/h2-5,10-11H,6-9H2,1H3. The third-order valence-electron chi connectivity index (χ3n) is 3.93. The first-order chi connectivity index (χ1) is 11.0. The zero-order chi connectivity index (χ0) is 16.4. The number of hydrogen-bond donors (Lipinski definition) is 0. The predicted molar refractivity (Wildman–Crippen MR) is 84.1 cm³/mol. The maximum atomic E-state index is 13.2. The van der Waals surface area contributed by atoms with Crippen LogP contribution in [0.5, 0.6) is 0 Å². The lowest BCUT2D eigenvalue weighted by atomic mass is 10.2. The van der Waals surface area contributed by atoms with Gasteiger partial charge in [-0.05, 0) is 36.8 Å². The van der Waals surface area contributed by atoms with Crippen LogP contribution < -0.4 is 4.90 Å². The van der Waals surface area contributed by atoms with Gasteiger partial charge >= 0.3 is 0 Å². The molecule has 8 heteroatoms. The summed E-state index contributed by atoms with van der Waals surface area (Å²) in [6.07, 6.45) is 3.27. The second-order valence-electron chi connectivity index (χ2n) is 5.40. The highest BCUT2D eigenvalue weighted by Crippen LogP contribution is 2.23. The van der Waals surface area contributed by atoms with Crippen LogP contribution in [-0.2, 0) is 10.0 Å². The van der Waals surface area contributed by atoms with E-state index in [0.717, 1.165) is 5.69 Å². The molecular weight excluding hydrogens is 319 g/mol. The number of aryl methyl sites for hydroxylation is 1. The van der Waals surface area contributed by atoms with Crippen molar-refractivity contribution in [2.45, 2.75) is 11.8 Å². The Balaban J connectivity index is 1.76. The summed E-state index contributed by atoms with van der Waals surface area (Å²) in [5, 5.41) is 7.57. The van der Waals surface area contributed by atoms with Crippen LogP contribution in [0.3, 0.4) is 0 Å². The fourth-order valence-electron chi connectivity index (χ4n) is 2.70. The summed E-state index contributed by atoms with van der Waals surface area (Å²) in [4.78, 5) is 2.23. The Morgan fingerprint density at radius 2 is 1.83 bits per heavy atom. The highest BCUT2D eigenvalue weighted by Gasteiger charge is 2.29. The van der Waals surface area contributed by atoms with Gasteiger partial charge in [0.15, 0.2) is 0 Å². The summed E-state index contributed by atoms with van der Waals surface area (Å²) in [5.74, 6) is -0.434. The van der Waals surface area contributed by atoms with Gasteiger partial charge in [0.2, 0.25) is 10.0 Å². The van der Waals surface area contributed by atoms with Crippen molar-refractivity contribution in [1.29, 1.82) is 0 Å². The molecule has 1 fully saturated rings. The average Bonchev–Trinajstić information content (AvgIpc) is 2.55. The first kappa shape index (κ1) is 15.8. The molecule has 3 rings (SSSR count). The Bertz CT molecular complexity index is 790. The van der Waals surface area contributed by atoms with Crippen molar-refractivity contribution in [2.24, 2.45) is 0 Å². The van der Waals surface area contributed by atoms with E-state index in [0.29, 0.717) is 31.7 Å². The van der Waals surface area contributed by atoms with Crippen LogP contribution in [-0.4, -0.2) is 49.1 Å². The largest absolute Gasteiger partial charge is 0.368 e. The van der Waals surface area contributed by atoms with Gasteiger partial charge in [-0.1, -0.05) is 0 Å². The van der Waals surface area contributed by atoms with Crippen LogP contribution in [0, 0.1) is 12.7 Å². The van der Waals surface area contributed by atoms with Crippen molar-refractivity contribution in [2.75, 3.05) is 31.1 Å². The van der Waals surface area contributed by atoms with E-state index in [4.69, 9.17) is 0 Å². The molecule has 0 bridgehead atoms.